The van der Waals surface area contributed by atoms with Crippen molar-refractivity contribution in [2.24, 2.45) is 11.7 Å². The lowest BCUT2D eigenvalue weighted by Crippen LogP contribution is -2.34. The minimum atomic E-state index is 0.0557. The fourth-order valence-corrected chi connectivity index (χ4v) is 3.16. The minimum absolute atomic E-state index is 0.0557. The van der Waals surface area contributed by atoms with Crippen molar-refractivity contribution in [1.29, 1.82) is 0 Å². The van der Waals surface area contributed by atoms with Gasteiger partial charge in [0.05, 0.1) is 5.69 Å². The number of aromatic nitrogens is 1. The molecular weight excluding hydrogens is 246 g/mol. The molecule has 1 aromatic rings. The molecule has 0 spiro atoms. The summed E-state index contributed by atoms with van der Waals surface area (Å²) in [5.74, 6) is 0.532. The van der Waals surface area contributed by atoms with Gasteiger partial charge in [-0.1, -0.05) is 20.3 Å². The molecule has 0 saturated heterocycles. The minimum Gasteiger partial charge on any atom is -0.328 e. The van der Waals surface area contributed by atoms with E-state index < -0.39 is 0 Å². The number of thiazole rings is 1. The molecule has 1 amide bonds. The van der Waals surface area contributed by atoms with Crippen molar-refractivity contribution in [1.82, 2.24) is 4.98 Å². The SMILES string of the molecule is CC(C)c1csc(NC(=O)C2CCCC(N)C2)n1. The third-order valence-electron chi connectivity index (χ3n) is 3.43. The monoisotopic (exact) mass is 267 g/mol. The number of carbonyl (C=O) groups is 1. The first kappa shape index (κ1) is 13.5. The molecule has 1 saturated carbocycles. The maximum atomic E-state index is 12.1. The van der Waals surface area contributed by atoms with E-state index >= 15 is 0 Å². The molecule has 1 heterocycles. The van der Waals surface area contributed by atoms with Crippen molar-refractivity contribution in [2.75, 3.05) is 5.32 Å². The number of amides is 1. The van der Waals surface area contributed by atoms with E-state index in [1.165, 1.54) is 11.3 Å². The molecule has 0 radical (unpaired) electrons. The van der Waals surface area contributed by atoms with Gasteiger partial charge in [0.25, 0.3) is 0 Å². The van der Waals surface area contributed by atoms with Crippen molar-refractivity contribution >= 4 is 22.4 Å². The van der Waals surface area contributed by atoms with Crippen LogP contribution in [-0.2, 0) is 4.79 Å². The summed E-state index contributed by atoms with van der Waals surface area (Å²) in [6.07, 6.45) is 3.84. The standard InChI is InChI=1S/C13H21N3OS/c1-8(2)11-7-18-13(15-11)16-12(17)9-4-3-5-10(14)6-9/h7-10H,3-6,14H2,1-2H3,(H,15,16,17). The van der Waals surface area contributed by atoms with Gasteiger partial charge in [-0.05, 0) is 25.2 Å². The average Bonchev–Trinajstić information content (AvgIpc) is 2.77. The van der Waals surface area contributed by atoms with Crippen molar-refractivity contribution < 1.29 is 4.79 Å². The summed E-state index contributed by atoms with van der Waals surface area (Å²) in [6.45, 7) is 4.20. The largest absolute Gasteiger partial charge is 0.328 e. The zero-order valence-corrected chi connectivity index (χ0v) is 11.8. The van der Waals surface area contributed by atoms with Crippen LogP contribution in [0.1, 0.15) is 51.1 Å². The third kappa shape index (κ3) is 3.29. The van der Waals surface area contributed by atoms with E-state index in [1.54, 1.807) is 0 Å². The van der Waals surface area contributed by atoms with Gasteiger partial charge in [0.1, 0.15) is 0 Å². The van der Waals surface area contributed by atoms with E-state index in [1.807, 2.05) is 5.38 Å². The van der Waals surface area contributed by atoms with Crippen LogP contribution in [0.4, 0.5) is 5.13 Å². The lowest BCUT2D eigenvalue weighted by molar-refractivity contribution is -0.120. The van der Waals surface area contributed by atoms with Gasteiger partial charge in [0, 0.05) is 17.3 Å². The average molecular weight is 267 g/mol. The maximum Gasteiger partial charge on any atom is 0.229 e. The Kier molecular flexibility index (Phi) is 4.35. The number of carbonyl (C=O) groups excluding carboxylic acids is 1. The third-order valence-corrected chi connectivity index (χ3v) is 4.21. The van der Waals surface area contributed by atoms with Crippen molar-refractivity contribution in [3.05, 3.63) is 11.1 Å². The van der Waals surface area contributed by atoms with Crippen LogP contribution >= 0.6 is 11.3 Å². The molecule has 0 aliphatic heterocycles. The smallest absolute Gasteiger partial charge is 0.229 e. The molecule has 2 atom stereocenters. The normalized spacial score (nSPS) is 24.2. The zero-order chi connectivity index (χ0) is 13.1. The van der Waals surface area contributed by atoms with Crippen LogP contribution in [0.15, 0.2) is 5.38 Å². The molecule has 2 rings (SSSR count). The maximum absolute atomic E-state index is 12.1. The summed E-state index contributed by atoms with van der Waals surface area (Å²) >= 11 is 1.50. The van der Waals surface area contributed by atoms with Gasteiger partial charge in [-0.2, -0.15) is 0 Å². The van der Waals surface area contributed by atoms with Gasteiger partial charge in [-0.25, -0.2) is 4.98 Å². The van der Waals surface area contributed by atoms with Crippen LogP contribution in [0.5, 0.6) is 0 Å². The first-order chi connectivity index (χ1) is 8.56. The molecule has 18 heavy (non-hydrogen) atoms. The van der Waals surface area contributed by atoms with Gasteiger partial charge in [0.15, 0.2) is 5.13 Å². The molecule has 2 unspecified atom stereocenters. The van der Waals surface area contributed by atoms with E-state index in [0.717, 1.165) is 31.4 Å². The molecule has 1 aliphatic carbocycles. The topological polar surface area (TPSA) is 68.0 Å². The second-order valence-electron chi connectivity index (χ2n) is 5.35. The number of nitrogens with two attached hydrogens (primary N) is 1. The van der Waals surface area contributed by atoms with Gasteiger partial charge in [0.2, 0.25) is 5.91 Å². The lowest BCUT2D eigenvalue weighted by atomic mass is 9.86. The van der Waals surface area contributed by atoms with Crippen LogP contribution in [-0.4, -0.2) is 16.9 Å². The molecule has 4 nitrogen and oxygen atoms in total. The molecular formula is C13H21N3OS. The summed E-state index contributed by atoms with van der Waals surface area (Å²) in [6, 6.07) is 0.178. The molecule has 0 bridgehead atoms. The quantitative estimate of drug-likeness (QED) is 0.884. The van der Waals surface area contributed by atoms with Crippen LogP contribution in [0, 0.1) is 5.92 Å². The molecule has 5 heteroatoms. The summed E-state index contributed by atoms with van der Waals surface area (Å²) < 4.78 is 0. The highest BCUT2D eigenvalue weighted by atomic mass is 32.1. The molecule has 100 valence electrons. The van der Waals surface area contributed by atoms with Crippen molar-refractivity contribution in [2.45, 2.75) is 51.5 Å². The van der Waals surface area contributed by atoms with Gasteiger partial charge in [-0.15, -0.1) is 11.3 Å². The Labute approximate surface area is 112 Å². The van der Waals surface area contributed by atoms with E-state index in [9.17, 15) is 4.79 Å². The number of rotatable bonds is 3. The summed E-state index contributed by atoms with van der Waals surface area (Å²) in [4.78, 5) is 16.5. The molecule has 0 aromatic carbocycles. The highest BCUT2D eigenvalue weighted by molar-refractivity contribution is 7.13. The predicted octanol–water partition coefficient (Wildman–Crippen LogP) is 2.72. The number of anilines is 1. The highest BCUT2D eigenvalue weighted by Crippen LogP contribution is 2.26. The van der Waals surface area contributed by atoms with E-state index in [-0.39, 0.29) is 17.9 Å². The summed E-state index contributed by atoms with van der Waals surface area (Å²) in [7, 11) is 0. The molecule has 1 aromatic heterocycles. The predicted molar refractivity (Wildman–Crippen MR) is 74.8 cm³/mol. The van der Waals surface area contributed by atoms with E-state index in [4.69, 9.17) is 5.73 Å². The Balaban J connectivity index is 1.93. The van der Waals surface area contributed by atoms with E-state index in [2.05, 4.69) is 24.1 Å². The van der Waals surface area contributed by atoms with Gasteiger partial charge >= 0.3 is 0 Å². The van der Waals surface area contributed by atoms with Crippen LogP contribution in [0.2, 0.25) is 0 Å². The molecule has 1 fully saturated rings. The number of nitrogens with one attached hydrogen (secondary N) is 1. The fraction of sp³-hybridized carbons (Fsp3) is 0.692. The zero-order valence-electron chi connectivity index (χ0n) is 11.0. The Morgan fingerprint density at radius 3 is 2.94 bits per heavy atom. The molecule has 1 aliphatic rings. The van der Waals surface area contributed by atoms with Crippen molar-refractivity contribution in [3.8, 4) is 0 Å². The number of nitrogens with zero attached hydrogens (tertiary/aromatic N) is 1. The Morgan fingerprint density at radius 1 is 1.56 bits per heavy atom. The fourth-order valence-electron chi connectivity index (χ4n) is 2.28. The Hall–Kier alpha value is -0.940. The lowest BCUT2D eigenvalue weighted by Gasteiger charge is -2.25. The number of hydrogen-bond donors (Lipinski definition) is 2. The van der Waals surface area contributed by atoms with Gasteiger partial charge < -0.3 is 11.1 Å². The summed E-state index contributed by atoms with van der Waals surface area (Å²) in [5, 5.41) is 5.64. The first-order valence-electron chi connectivity index (χ1n) is 6.58. The highest BCUT2D eigenvalue weighted by Gasteiger charge is 2.25. The molecule has 3 N–H and O–H groups in total. The first-order valence-corrected chi connectivity index (χ1v) is 7.46. The Morgan fingerprint density at radius 2 is 2.33 bits per heavy atom. The van der Waals surface area contributed by atoms with Crippen LogP contribution < -0.4 is 11.1 Å². The van der Waals surface area contributed by atoms with Crippen molar-refractivity contribution in [3.63, 3.8) is 0 Å². The van der Waals surface area contributed by atoms with Gasteiger partial charge in [-0.3, -0.25) is 4.79 Å². The second kappa shape index (κ2) is 5.80. The second-order valence-corrected chi connectivity index (χ2v) is 6.20. The summed E-state index contributed by atoms with van der Waals surface area (Å²) in [5.41, 5.74) is 6.94. The van der Waals surface area contributed by atoms with Crippen LogP contribution in [0.25, 0.3) is 0 Å². The van der Waals surface area contributed by atoms with Crippen LogP contribution in [0.3, 0.4) is 0 Å². The Bertz CT molecular complexity index is 416. The number of hydrogen-bond acceptors (Lipinski definition) is 4. The van der Waals surface area contributed by atoms with E-state index in [0.29, 0.717) is 11.0 Å².